The van der Waals surface area contributed by atoms with Crippen molar-refractivity contribution in [3.8, 4) is 0 Å². The lowest BCUT2D eigenvalue weighted by molar-refractivity contribution is 0.0276. The van der Waals surface area contributed by atoms with Crippen LogP contribution in [0.4, 0.5) is 0 Å². The van der Waals surface area contributed by atoms with E-state index in [1.54, 1.807) is 0 Å². The van der Waals surface area contributed by atoms with Gasteiger partial charge in [-0.3, -0.25) is 0 Å². The first-order valence-corrected chi connectivity index (χ1v) is 7.84. The lowest BCUT2D eigenvalue weighted by Crippen LogP contribution is -2.44. The molecule has 3 rings (SSSR count). The largest absolute Gasteiger partial charge is 0.392 e. The van der Waals surface area contributed by atoms with Gasteiger partial charge in [-0.1, -0.05) is 25.1 Å². The summed E-state index contributed by atoms with van der Waals surface area (Å²) in [6.45, 7) is 5.25. The third kappa shape index (κ3) is 2.44. The van der Waals surface area contributed by atoms with E-state index in [0.717, 1.165) is 26.1 Å². The number of fused-ring (bicyclic) bond motifs is 1. The summed E-state index contributed by atoms with van der Waals surface area (Å²) in [5.74, 6) is 2.31. The molecule has 0 amide bonds. The van der Waals surface area contributed by atoms with Gasteiger partial charge in [0.1, 0.15) is 0 Å². The molecule has 0 radical (unpaired) electrons. The number of rotatable bonds is 2. The van der Waals surface area contributed by atoms with Crippen molar-refractivity contribution >= 4 is 11.8 Å². The Morgan fingerprint density at radius 3 is 3.06 bits per heavy atom. The minimum absolute atomic E-state index is 0.136. The maximum absolute atomic E-state index is 9.97. The van der Waals surface area contributed by atoms with E-state index in [9.17, 15) is 5.11 Å². The Labute approximate surface area is 113 Å². The molecular weight excluding hydrogens is 242 g/mol. The number of hydrogen-bond acceptors (Lipinski definition) is 3. The highest BCUT2D eigenvalue weighted by Gasteiger charge is 2.29. The fourth-order valence-corrected chi connectivity index (χ4v) is 4.21. The van der Waals surface area contributed by atoms with E-state index < -0.39 is 0 Å². The molecule has 0 aromatic heterocycles. The van der Waals surface area contributed by atoms with Gasteiger partial charge in [0, 0.05) is 29.7 Å². The quantitative estimate of drug-likeness (QED) is 0.887. The van der Waals surface area contributed by atoms with Gasteiger partial charge in [-0.15, -0.1) is 11.8 Å². The van der Waals surface area contributed by atoms with E-state index in [0.29, 0.717) is 11.8 Å². The molecule has 3 heteroatoms. The molecule has 0 saturated carbocycles. The van der Waals surface area contributed by atoms with Crippen LogP contribution >= 0.6 is 11.8 Å². The molecule has 1 saturated heterocycles. The highest BCUT2D eigenvalue weighted by atomic mass is 32.2. The maximum atomic E-state index is 9.97. The Morgan fingerprint density at radius 1 is 1.39 bits per heavy atom. The number of aliphatic hydroxyl groups is 1. The summed E-state index contributed by atoms with van der Waals surface area (Å²) in [5, 5.41) is 9.97. The van der Waals surface area contributed by atoms with E-state index in [1.807, 2.05) is 11.8 Å². The molecule has 3 atom stereocenters. The van der Waals surface area contributed by atoms with Crippen molar-refractivity contribution in [1.82, 2.24) is 4.90 Å². The standard InChI is InChI=1S/C15H21NOS/c1-11-6-7-16(9-14(11)17)8-12-10-18-15-5-3-2-4-13(12)15/h2-5,11-12,14,17H,6-10H2,1H3. The van der Waals surface area contributed by atoms with Gasteiger partial charge >= 0.3 is 0 Å². The second-order valence-corrected chi connectivity index (χ2v) is 6.70. The van der Waals surface area contributed by atoms with Crippen LogP contribution in [0, 0.1) is 5.92 Å². The molecule has 18 heavy (non-hydrogen) atoms. The number of benzene rings is 1. The highest BCUT2D eigenvalue weighted by molar-refractivity contribution is 7.99. The number of aliphatic hydroxyl groups excluding tert-OH is 1. The van der Waals surface area contributed by atoms with Gasteiger partial charge in [0.05, 0.1) is 6.10 Å². The zero-order valence-corrected chi connectivity index (χ0v) is 11.7. The van der Waals surface area contributed by atoms with E-state index in [4.69, 9.17) is 0 Å². The zero-order chi connectivity index (χ0) is 12.5. The fourth-order valence-electron chi connectivity index (χ4n) is 2.97. The van der Waals surface area contributed by atoms with E-state index >= 15 is 0 Å². The van der Waals surface area contributed by atoms with Crippen LogP contribution in [0.5, 0.6) is 0 Å². The molecule has 0 spiro atoms. The summed E-state index contributed by atoms with van der Waals surface area (Å²) < 4.78 is 0. The first-order chi connectivity index (χ1) is 8.74. The third-order valence-corrected chi connectivity index (χ3v) is 5.53. The molecule has 2 aliphatic rings. The minimum Gasteiger partial charge on any atom is -0.392 e. The summed E-state index contributed by atoms with van der Waals surface area (Å²) in [6.07, 6.45) is 0.992. The predicted molar refractivity (Wildman–Crippen MR) is 76.1 cm³/mol. The molecule has 1 fully saturated rings. The van der Waals surface area contributed by atoms with E-state index in [1.165, 1.54) is 16.2 Å². The minimum atomic E-state index is -0.136. The van der Waals surface area contributed by atoms with Crippen molar-refractivity contribution in [1.29, 1.82) is 0 Å². The zero-order valence-electron chi connectivity index (χ0n) is 10.9. The van der Waals surface area contributed by atoms with Crippen molar-refractivity contribution in [2.45, 2.75) is 30.3 Å². The molecule has 0 aliphatic carbocycles. The Bertz CT molecular complexity index is 423. The molecule has 2 heterocycles. The van der Waals surface area contributed by atoms with Crippen LogP contribution in [0.15, 0.2) is 29.2 Å². The van der Waals surface area contributed by atoms with Crippen molar-refractivity contribution in [2.75, 3.05) is 25.4 Å². The van der Waals surface area contributed by atoms with Crippen LogP contribution in [0.3, 0.4) is 0 Å². The lowest BCUT2D eigenvalue weighted by atomic mass is 9.94. The molecule has 98 valence electrons. The number of nitrogens with zero attached hydrogens (tertiary/aromatic N) is 1. The van der Waals surface area contributed by atoms with Gasteiger partial charge in [-0.25, -0.2) is 0 Å². The molecule has 1 aromatic rings. The normalized spacial score (nSPS) is 32.4. The van der Waals surface area contributed by atoms with Crippen molar-refractivity contribution in [3.05, 3.63) is 29.8 Å². The number of likely N-dealkylation sites (tertiary alicyclic amines) is 1. The molecule has 3 unspecified atom stereocenters. The summed E-state index contributed by atoms with van der Waals surface area (Å²) in [6, 6.07) is 8.77. The van der Waals surface area contributed by atoms with Crippen LogP contribution in [-0.2, 0) is 0 Å². The van der Waals surface area contributed by atoms with E-state index in [2.05, 4.69) is 36.1 Å². The van der Waals surface area contributed by atoms with Crippen LogP contribution in [0.1, 0.15) is 24.8 Å². The summed E-state index contributed by atoms with van der Waals surface area (Å²) in [7, 11) is 0. The van der Waals surface area contributed by atoms with E-state index in [-0.39, 0.29) is 6.10 Å². The van der Waals surface area contributed by atoms with Crippen LogP contribution < -0.4 is 0 Å². The van der Waals surface area contributed by atoms with Gasteiger partial charge < -0.3 is 10.0 Å². The lowest BCUT2D eigenvalue weighted by Gasteiger charge is -2.35. The van der Waals surface area contributed by atoms with Gasteiger partial charge in [0.2, 0.25) is 0 Å². The third-order valence-electron chi connectivity index (χ3n) is 4.28. The summed E-state index contributed by atoms with van der Waals surface area (Å²) in [5.41, 5.74) is 1.51. The van der Waals surface area contributed by atoms with Crippen molar-refractivity contribution < 1.29 is 5.11 Å². The summed E-state index contributed by atoms with van der Waals surface area (Å²) >= 11 is 1.98. The Hall–Kier alpha value is -0.510. The van der Waals surface area contributed by atoms with Gasteiger partial charge in [0.15, 0.2) is 0 Å². The predicted octanol–water partition coefficient (Wildman–Crippen LogP) is 2.58. The number of piperidine rings is 1. The van der Waals surface area contributed by atoms with Gasteiger partial charge in [-0.05, 0) is 30.5 Å². The molecular formula is C15H21NOS. The average Bonchev–Trinajstić information content (AvgIpc) is 2.78. The first-order valence-electron chi connectivity index (χ1n) is 6.86. The highest BCUT2D eigenvalue weighted by Crippen LogP contribution is 2.39. The van der Waals surface area contributed by atoms with Crippen molar-refractivity contribution in [3.63, 3.8) is 0 Å². The topological polar surface area (TPSA) is 23.5 Å². The number of hydrogen-bond donors (Lipinski definition) is 1. The van der Waals surface area contributed by atoms with Gasteiger partial charge in [0.25, 0.3) is 0 Å². The Balaban J connectivity index is 1.65. The Morgan fingerprint density at radius 2 is 2.22 bits per heavy atom. The number of thioether (sulfide) groups is 1. The molecule has 0 bridgehead atoms. The monoisotopic (exact) mass is 263 g/mol. The molecule has 1 aromatic carbocycles. The fraction of sp³-hybridized carbons (Fsp3) is 0.600. The van der Waals surface area contributed by atoms with Crippen LogP contribution in [0.2, 0.25) is 0 Å². The second kappa shape index (κ2) is 5.24. The smallest absolute Gasteiger partial charge is 0.0693 e. The second-order valence-electron chi connectivity index (χ2n) is 5.64. The summed E-state index contributed by atoms with van der Waals surface area (Å²) in [4.78, 5) is 3.89. The van der Waals surface area contributed by atoms with Crippen LogP contribution in [0.25, 0.3) is 0 Å². The maximum Gasteiger partial charge on any atom is 0.0693 e. The molecule has 1 N–H and O–H groups in total. The first kappa shape index (κ1) is 12.5. The Kier molecular flexibility index (Phi) is 3.64. The SMILES string of the molecule is CC1CCN(CC2CSc3ccccc32)CC1O. The molecule has 2 aliphatic heterocycles. The van der Waals surface area contributed by atoms with Crippen molar-refractivity contribution in [2.24, 2.45) is 5.92 Å². The van der Waals surface area contributed by atoms with Gasteiger partial charge in [-0.2, -0.15) is 0 Å². The molecule has 2 nitrogen and oxygen atoms in total. The number of β-amino-alcohol motifs (C(OH)–C–C–N with tert-alkyl or cyclic N) is 1. The average molecular weight is 263 g/mol. The van der Waals surface area contributed by atoms with Crippen LogP contribution in [-0.4, -0.2) is 41.5 Å².